The first-order valence-electron chi connectivity index (χ1n) is 17.0. The summed E-state index contributed by atoms with van der Waals surface area (Å²) in [6, 6.07) is 59.6. The van der Waals surface area contributed by atoms with Gasteiger partial charge in [-0.05, 0) is 97.9 Å². The third-order valence-corrected chi connectivity index (χ3v) is 10.6. The smallest absolute Gasteiger partial charge is 0.136 e. The summed E-state index contributed by atoms with van der Waals surface area (Å²) >= 11 is 0. The van der Waals surface area contributed by atoms with Gasteiger partial charge in [-0.1, -0.05) is 129 Å². The highest BCUT2D eigenvalue weighted by Gasteiger charge is 2.36. The minimum absolute atomic E-state index is 0.120. The molecule has 49 heavy (non-hydrogen) atoms. The minimum atomic E-state index is -0.120. The van der Waals surface area contributed by atoms with Gasteiger partial charge < -0.3 is 9.32 Å². The SMILES string of the molecule is CC1(C)c2ccccc2-c2ccc(N(c3ccc4ccccc4c3)c3cc4c(cc3-c3ccccc3)oc3cc5ccccc5cc34)cc21. The fourth-order valence-corrected chi connectivity index (χ4v) is 8.10. The Labute approximate surface area is 285 Å². The highest BCUT2D eigenvalue weighted by molar-refractivity contribution is 6.13. The second-order valence-corrected chi connectivity index (χ2v) is 13.8. The Morgan fingerprint density at radius 3 is 1.84 bits per heavy atom. The Morgan fingerprint density at radius 1 is 0.429 bits per heavy atom. The number of benzene rings is 8. The van der Waals surface area contributed by atoms with Gasteiger partial charge in [-0.25, -0.2) is 0 Å². The first-order valence-corrected chi connectivity index (χ1v) is 17.0. The van der Waals surface area contributed by atoms with Crippen LogP contribution in [0.25, 0.3) is 65.7 Å². The number of rotatable bonds is 4. The van der Waals surface area contributed by atoms with Crippen LogP contribution in [0.1, 0.15) is 25.0 Å². The standard InChI is InChI=1S/C47H33NO/c1-47(2)42-19-11-10-18-37(42)38-23-22-36(27-43(38)47)48(35-21-20-30-12-6-7-15-32(30)24-35)44-28-41-40-25-33-16-8-9-17-34(33)26-45(40)49-46(41)29-39(44)31-13-4-3-5-14-31/h3-29H,1-2H3. The van der Waals surface area contributed by atoms with E-state index in [1.807, 2.05) is 0 Å². The predicted molar refractivity (Wildman–Crippen MR) is 206 cm³/mol. The number of anilines is 3. The van der Waals surface area contributed by atoms with E-state index in [0.717, 1.165) is 50.1 Å². The molecule has 0 amide bonds. The topological polar surface area (TPSA) is 16.4 Å². The molecule has 1 aliphatic carbocycles. The monoisotopic (exact) mass is 627 g/mol. The Hall–Kier alpha value is -6.12. The average Bonchev–Trinajstić information content (AvgIpc) is 3.61. The first-order chi connectivity index (χ1) is 24.0. The molecule has 0 saturated carbocycles. The van der Waals surface area contributed by atoms with Crippen LogP contribution >= 0.6 is 0 Å². The van der Waals surface area contributed by atoms with E-state index in [-0.39, 0.29) is 5.41 Å². The molecule has 0 N–H and O–H groups in total. The van der Waals surface area contributed by atoms with Gasteiger partial charge in [-0.3, -0.25) is 0 Å². The third kappa shape index (κ3) is 4.27. The van der Waals surface area contributed by atoms with Crippen LogP contribution in [0.3, 0.4) is 0 Å². The zero-order chi connectivity index (χ0) is 32.7. The highest BCUT2D eigenvalue weighted by atomic mass is 16.3. The molecule has 0 atom stereocenters. The lowest BCUT2D eigenvalue weighted by Crippen LogP contribution is -2.17. The number of furan rings is 1. The molecule has 2 heteroatoms. The van der Waals surface area contributed by atoms with Gasteiger partial charge in [-0.15, -0.1) is 0 Å². The van der Waals surface area contributed by atoms with Gasteiger partial charge in [0.1, 0.15) is 11.2 Å². The summed E-state index contributed by atoms with van der Waals surface area (Å²) in [6.07, 6.45) is 0. The highest BCUT2D eigenvalue weighted by Crippen LogP contribution is 2.52. The Bertz CT molecular complexity index is 2750. The van der Waals surface area contributed by atoms with E-state index in [4.69, 9.17) is 4.42 Å². The lowest BCUT2D eigenvalue weighted by Gasteiger charge is -2.30. The molecule has 0 radical (unpaired) electrons. The lowest BCUT2D eigenvalue weighted by molar-refractivity contribution is 0.660. The quantitative estimate of drug-likeness (QED) is 0.193. The molecule has 232 valence electrons. The molecule has 8 aromatic carbocycles. The van der Waals surface area contributed by atoms with Gasteiger partial charge in [0.2, 0.25) is 0 Å². The van der Waals surface area contributed by atoms with E-state index < -0.39 is 0 Å². The molecular formula is C47H33NO. The van der Waals surface area contributed by atoms with Gasteiger partial charge >= 0.3 is 0 Å². The summed E-state index contributed by atoms with van der Waals surface area (Å²) in [5, 5.41) is 7.05. The normalized spacial score (nSPS) is 13.3. The molecule has 2 nitrogen and oxygen atoms in total. The molecule has 0 fully saturated rings. The second-order valence-electron chi connectivity index (χ2n) is 13.8. The molecule has 0 aliphatic heterocycles. The van der Waals surface area contributed by atoms with Crippen molar-refractivity contribution in [2.75, 3.05) is 4.90 Å². The van der Waals surface area contributed by atoms with Crippen LogP contribution in [0.2, 0.25) is 0 Å². The lowest BCUT2D eigenvalue weighted by atomic mass is 9.82. The molecule has 1 aromatic heterocycles. The van der Waals surface area contributed by atoms with Crippen LogP contribution in [0.5, 0.6) is 0 Å². The third-order valence-electron chi connectivity index (χ3n) is 10.6. The van der Waals surface area contributed by atoms with Crippen LogP contribution in [0.15, 0.2) is 168 Å². The largest absolute Gasteiger partial charge is 0.456 e. The Morgan fingerprint density at radius 2 is 1.02 bits per heavy atom. The average molecular weight is 628 g/mol. The Balaban J connectivity index is 1.28. The summed E-state index contributed by atoms with van der Waals surface area (Å²) in [5.74, 6) is 0. The molecule has 9 aromatic rings. The molecule has 0 bridgehead atoms. The molecule has 0 spiro atoms. The number of hydrogen-bond acceptors (Lipinski definition) is 2. The molecule has 0 saturated heterocycles. The van der Waals surface area contributed by atoms with Gasteiger partial charge in [-0.2, -0.15) is 0 Å². The van der Waals surface area contributed by atoms with Crippen molar-refractivity contribution in [2.24, 2.45) is 0 Å². The summed E-state index contributed by atoms with van der Waals surface area (Å²) in [6.45, 7) is 4.70. The molecule has 10 rings (SSSR count). The van der Waals surface area contributed by atoms with E-state index in [1.165, 1.54) is 43.8 Å². The molecule has 1 aliphatic rings. The van der Waals surface area contributed by atoms with Crippen LogP contribution in [0, 0.1) is 0 Å². The first kappa shape index (κ1) is 27.9. The van der Waals surface area contributed by atoms with E-state index in [2.05, 4.69) is 183 Å². The van der Waals surface area contributed by atoms with Crippen LogP contribution < -0.4 is 4.90 Å². The van der Waals surface area contributed by atoms with Crippen molar-refractivity contribution in [1.82, 2.24) is 0 Å². The van der Waals surface area contributed by atoms with E-state index in [1.54, 1.807) is 0 Å². The number of fused-ring (bicyclic) bond motifs is 8. The van der Waals surface area contributed by atoms with Gasteiger partial charge in [0.05, 0.1) is 5.69 Å². The van der Waals surface area contributed by atoms with Crippen molar-refractivity contribution in [3.8, 4) is 22.3 Å². The van der Waals surface area contributed by atoms with Crippen molar-refractivity contribution in [2.45, 2.75) is 19.3 Å². The molecule has 0 unspecified atom stereocenters. The fraction of sp³-hybridized carbons (Fsp3) is 0.0638. The van der Waals surface area contributed by atoms with Crippen molar-refractivity contribution in [3.05, 3.63) is 175 Å². The predicted octanol–water partition coefficient (Wildman–Crippen LogP) is 13.3. The van der Waals surface area contributed by atoms with Crippen molar-refractivity contribution in [1.29, 1.82) is 0 Å². The van der Waals surface area contributed by atoms with Crippen LogP contribution in [-0.2, 0) is 5.41 Å². The van der Waals surface area contributed by atoms with Crippen LogP contribution in [0.4, 0.5) is 17.1 Å². The summed E-state index contributed by atoms with van der Waals surface area (Å²) in [5.41, 5.74) is 12.6. The van der Waals surface area contributed by atoms with Crippen molar-refractivity contribution < 1.29 is 4.42 Å². The number of nitrogens with zero attached hydrogens (tertiary/aromatic N) is 1. The van der Waals surface area contributed by atoms with Crippen LogP contribution in [-0.4, -0.2) is 0 Å². The summed E-state index contributed by atoms with van der Waals surface area (Å²) in [7, 11) is 0. The van der Waals surface area contributed by atoms with Gasteiger partial charge in [0, 0.05) is 33.1 Å². The van der Waals surface area contributed by atoms with E-state index in [0.29, 0.717) is 0 Å². The minimum Gasteiger partial charge on any atom is -0.456 e. The maximum Gasteiger partial charge on any atom is 0.136 e. The van der Waals surface area contributed by atoms with Crippen molar-refractivity contribution in [3.63, 3.8) is 0 Å². The van der Waals surface area contributed by atoms with E-state index in [9.17, 15) is 0 Å². The molecular weight excluding hydrogens is 595 g/mol. The summed E-state index contributed by atoms with van der Waals surface area (Å²) < 4.78 is 6.63. The van der Waals surface area contributed by atoms with E-state index >= 15 is 0 Å². The van der Waals surface area contributed by atoms with Gasteiger partial charge in [0.25, 0.3) is 0 Å². The maximum atomic E-state index is 6.63. The fourth-order valence-electron chi connectivity index (χ4n) is 8.10. The second kappa shape index (κ2) is 10.4. The Kier molecular flexibility index (Phi) is 5.95. The van der Waals surface area contributed by atoms with Crippen molar-refractivity contribution >= 4 is 60.5 Å². The maximum absolute atomic E-state index is 6.63. The zero-order valence-electron chi connectivity index (χ0n) is 27.4. The molecule has 1 heterocycles. The van der Waals surface area contributed by atoms with Gasteiger partial charge in [0.15, 0.2) is 0 Å². The number of hydrogen-bond donors (Lipinski definition) is 0. The zero-order valence-corrected chi connectivity index (χ0v) is 27.4. The summed E-state index contributed by atoms with van der Waals surface area (Å²) in [4.78, 5) is 2.45.